The number of rotatable bonds is 36. The Morgan fingerprint density at radius 1 is 0.417 bits per heavy atom. The van der Waals surface area contributed by atoms with Gasteiger partial charge in [0.25, 0.3) is 22.2 Å². The largest absolute Gasteiger partial charge is 0.463 e. The van der Waals surface area contributed by atoms with E-state index in [1.807, 2.05) is 55.4 Å². The van der Waals surface area contributed by atoms with E-state index in [9.17, 15) is 71.9 Å². The third-order valence-corrected chi connectivity index (χ3v) is 21.5. The zero-order chi connectivity index (χ0) is 96.9. The number of halogens is 1. The first-order valence-electron chi connectivity index (χ1n) is 42.9. The highest BCUT2D eigenvalue weighted by Crippen LogP contribution is 2.27. The number of likely N-dealkylation sites (tertiary alicyclic amines) is 4. The Hall–Kier alpha value is -12.5. The standard InChI is InChI=1S/C21H31N7O6.C20H29N7O6.C18H27N7O5.C11H19ClN2O2.C10H13N5O4/c1-12(2)15(22-4)20(32)28-7-5-6-14(28)18(30)25-21-24-17-16(19(31)26-21)23-10-27(17)11-33-8-9-34-13(3)29;1-11(2)14(21)19(31)27-6-4-5-13(27)17(29)24-20-23-16-15(18(30)25-20)22-9-26(16)10-32-7-8-33-12(3)28;1-10(2)12(19)17(29)25-5-3-4-11(25)15(27)22-18-21-14-13(16(28)23-18)20-8-24(14)9-30-7-6-26;1-7(2)9(13-3)11(16)14-6-4-5-8(14)10(12)15;1-6(16)19-3-2-18-5-15-4-12-7-8(15)13-10(11)14-9(7)17/h10,12,14-15,22H,5-9,11H2,1-4H3,(H2,24,25,26,30,31);9,11,13-14H,4-8,10,21H2,1-3H3,(H2,23,24,25,29,30);8,10-12,26H,3-7,9,19H2,1-2H3,(H2,21,22,23,27,28);7-9,13H,4-6H2,1-3H3;4H,2-3,5H2,1H3,(H3,11,13,14,17)/t14-,15-;13-,14-;11-,12-;8-,9-;/m0000./s1. The van der Waals surface area contributed by atoms with Crippen molar-refractivity contribution < 1.29 is 91.0 Å². The number of esters is 3. The van der Waals surface area contributed by atoms with Gasteiger partial charge in [0, 0.05) is 47.0 Å². The van der Waals surface area contributed by atoms with Crippen LogP contribution in [0.1, 0.15) is 128 Å². The van der Waals surface area contributed by atoms with Crippen LogP contribution in [0.3, 0.4) is 0 Å². The molecular weight excluding hydrogens is 1760 g/mol. The third kappa shape index (κ3) is 28.5. The van der Waals surface area contributed by atoms with Gasteiger partial charge in [-0.15, -0.1) is 0 Å². The molecule has 0 aromatic carbocycles. The van der Waals surface area contributed by atoms with Gasteiger partial charge in [0.05, 0.1) is 82.5 Å². The number of nitrogens with one attached hydrogen (secondary N) is 9. The van der Waals surface area contributed by atoms with E-state index in [-0.39, 0.29) is 202 Å². The normalized spacial score (nSPS) is 16.8. The predicted octanol–water partition coefficient (Wildman–Crippen LogP) is -1.38. The minimum Gasteiger partial charge on any atom is -0.463 e. The number of nitrogens with zero attached hydrogens (tertiary/aromatic N) is 16. The van der Waals surface area contributed by atoms with Gasteiger partial charge < -0.3 is 85.7 Å². The average molecular weight is 1880 g/mol. The van der Waals surface area contributed by atoms with Gasteiger partial charge >= 0.3 is 17.9 Å². The number of aromatic amines is 4. The van der Waals surface area contributed by atoms with Crippen LogP contribution in [-0.2, 0) is 113 Å². The summed E-state index contributed by atoms with van der Waals surface area (Å²) < 4.78 is 41.7. The van der Waals surface area contributed by atoms with E-state index in [0.717, 1.165) is 6.42 Å². The Labute approximate surface area is 760 Å². The third-order valence-electron chi connectivity index (χ3n) is 21.2. The van der Waals surface area contributed by atoms with Crippen molar-refractivity contribution in [3.63, 3.8) is 0 Å². The summed E-state index contributed by atoms with van der Waals surface area (Å²) in [4.78, 5) is 230. The first kappa shape index (κ1) is 105. The van der Waals surface area contributed by atoms with Crippen LogP contribution in [0.4, 0.5) is 23.8 Å². The molecule has 8 aromatic heterocycles. The highest BCUT2D eigenvalue weighted by atomic mass is 35.5. The molecule has 4 fully saturated rings. The number of carbonyl (C=O) groups excluding carboxylic acids is 11. The molecule has 4 aliphatic rings. The van der Waals surface area contributed by atoms with Crippen LogP contribution in [-0.4, -0.2) is 309 Å². The zero-order valence-corrected chi connectivity index (χ0v) is 76.7. The molecule has 0 bridgehead atoms. The van der Waals surface area contributed by atoms with Crippen molar-refractivity contribution >= 4 is 145 Å². The summed E-state index contributed by atoms with van der Waals surface area (Å²) in [7, 11) is 3.48. The quantitative estimate of drug-likeness (QED) is 0.00932. The summed E-state index contributed by atoms with van der Waals surface area (Å²) in [5.41, 5.74) is 16.9. The molecule has 12 rings (SSSR count). The lowest BCUT2D eigenvalue weighted by Crippen LogP contribution is -2.52. The van der Waals surface area contributed by atoms with E-state index in [0.29, 0.717) is 76.8 Å². The Balaban J connectivity index is 0.000000208. The molecule has 16 N–H and O–H groups in total. The molecule has 8 atom stereocenters. The molecule has 51 nitrogen and oxygen atoms in total. The lowest BCUT2D eigenvalue weighted by molar-refractivity contribution is -0.143. The number of ether oxygens (including phenoxy) is 7. The van der Waals surface area contributed by atoms with Crippen LogP contribution in [0.5, 0.6) is 0 Å². The summed E-state index contributed by atoms with van der Waals surface area (Å²) in [6.07, 6.45) is 10.7. The molecule has 132 heavy (non-hydrogen) atoms. The second kappa shape index (κ2) is 50.2. The number of imidazole rings is 4. The van der Waals surface area contributed by atoms with Crippen molar-refractivity contribution in [2.24, 2.45) is 35.1 Å². The predicted molar refractivity (Wildman–Crippen MR) is 474 cm³/mol. The summed E-state index contributed by atoms with van der Waals surface area (Å²) in [6, 6.07) is -4.46. The number of aliphatic hydroxyl groups is 1. The number of fused-ring (bicyclic) bond motifs is 4. The van der Waals surface area contributed by atoms with E-state index >= 15 is 0 Å². The van der Waals surface area contributed by atoms with Gasteiger partial charge in [-0.05, 0) is 101 Å². The Morgan fingerprint density at radius 3 is 0.962 bits per heavy atom. The molecule has 8 aromatic rings. The van der Waals surface area contributed by atoms with Gasteiger partial charge in [0.15, 0.2) is 44.7 Å². The summed E-state index contributed by atoms with van der Waals surface area (Å²) in [5, 5.41) is 22.2. The van der Waals surface area contributed by atoms with Gasteiger partial charge in [-0.2, -0.15) is 19.9 Å². The lowest BCUT2D eigenvalue weighted by Gasteiger charge is -2.29. The molecular formula is C80H119ClN28O23. The van der Waals surface area contributed by atoms with Crippen molar-refractivity contribution in [3.05, 3.63) is 66.7 Å². The number of aromatic nitrogens is 16. The van der Waals surface area contributed by atoms with Crippen LogP contribution >= 0.6 is 11.6 Å². The van der Waals surface area contributed by atoms with Gasteiger partial charge in [-0.3, -0.25) is 126 Å². The van der Waals surface area contributed by atoms with Crippen LogP contribution < -0.4 is 66.0 Å². The van der Waals surface area contributed by atoms with Crippen LogP contribution in [0.2, 0.25) is 0 Å². The van der Waals surface area contributed by atoms with Gasteiger partial charge in [-0.1, -0.05) is 55.4 Å². The number of H-pyrrole nitrogens is 4. The fourth-order valence-electron chi connectivity index (χ4n) is 14.4. The maximum Gasteiger partial charge on any atom is 0.302 e. The highest BCUT2D eigenvalue weighted by molar-refractivity contribution is 6.64. The Kier molecular flexibility index (Phi) is 39.9. The second-order valence-corrected chi connectivity index (χ2v) is 32.6. The number of amides is 7. The summed E-state index contributed by atoms with van der Waals surface area (Å²) in [5.74, 6) is -3.16. The van der Waals surface area contributed by atoms with Crippen LogP contribution in [0, 0.1) is 23.7 Å². The highest BCUT2D eigenvalue weighted by Gasteiger charge is 2.42. The van der Waals surface area contributed by atoms with Crippen molar-refractivity contribution in [2.45, 2.75) is 203 Å². The molecule has 4 saturated heterocycles. The average Bonchev–Trinajstić information content (AvgIpc) is 1.64. The first-order valence-corrected chi connectivity index (χ1v) is 43.3. The van der Waals surface area contributed by atoms with Crippen molar-refractivity contribution in [2.75, 3.05) is 115 Å². The number of aliphatic hydroxyl groups excluding tert-OH is 1. The van der Waals surface area contributed by atoms with E-state index in [1.54, 1.807) is 23.9 Å². The molecule has 0 saturated carbocycles. The van der Waals surface area contributed by atoms with E-state index in [1.165, 1.54) is 74.1 Å². The summed E-state index contributed by atoms with van der Waals surface area (Å²) in [6.45, 7) is 22.3. The Bertz CT molecular complexity index is 5570. The maximum atomic E-state index is 13.0. The fourth-order valence-corrected chi connectivity index (χ4v) is 14.6. The van der Waals surface area contributed by atoms with Gasteiger partial charge in [-0.25, -0.2) is 19.9 Å². The number of anilines is 4. The monoisotopic (exact) mass is 1870 g/mol. The number of nitrogen functional groups attached to an aromatic ring is 1. The lowest BCUT2D eigenvalue weighted by atomic mass is 10.0. The number of nitrogens with two attached hydrogens (primary N) is 3. The molecule has 0 unspecified atom stereocenters. The topological polar surface area (TPSA) is 678 Å². The molecule has 52 heteroatoms. The smallest absolute Gasteiger partial charge is 0.302 e. The maximum absolute atomic E-state index is 13.0. The molecule has 0 radical (unpaired) electrons. The minimum atomic E-state index is -0.696. The van der Waals surface area contributed by atoms with Crippen LogP contribution in [0.25, 0.3) is 44.7 Å². The SMILES string of the molecule is CC(=O)OCCOCn1cnc2c(=O)[nH]c(N)nc21.CC(=O)OCCOCn1cnc2c(=O)[nH]c(NC(=O)[C@@H]3CCCN3C(=O)[C@@H](N)C(C)C)nc21.CC(C)[C@H](N)C(=O)N1CCC[C@H]1C(=O)Nc1nc2c(ncn2COCCO)c(=O)[nH]1.CN[C@H](C(=O)N1CCC[C@H]1C(=O)Cl)C(C)C.CN[C@H](C(=O)N1CCC[C@H]1C(=O)Nc1nc2c(ncn2COCCOC(C)=O)c(=O)[nH]1)C(C)C. The molecule has 0 spiro atoms. The number of likely N-dealkylation sites (N-methyl/N-ethyl adjacent to an activating group) is 2. The second-order valence-electron chi connectivity index (χ2n) is 32.2. The number of carbonyl (C=O) groups is 11. The van der Waals surface area contributed by atoms with Crippen LogP contribution in [0.15, 0.2) is 44.5 Å². The van der Waals surface area contributed by atoms with Crippen molar-refractivity contribution in [1.82, 2.24) is 108 Å². The fraction of sp³-hybridized carbons (Fsp3) is 0.613. The molecule has 0 aliphatic carbocycles. The minimum absolute atomic E-state index is 0.0131. The number of hydrogen-bond donors (Lipinski definition) is 13. The van der Waals surface area contributed by atoms with Gasteiger partial charge in [0.2, 0.25) is 70.4 Å². The molecule has 724 valence electrons. The van der Waals surface area contributed by atoms with Crippen molar-refractivity contribution in [1.29, 1.82) is 0 Å². The van der Waals surface area contributed by atoms with Crippen molar-refractivity contribution in [3.8, 4) is 0 Å². The van der Waals surface area contributed by atoms with Gasteiger partial charge in [0.1, 0.15) is 70.9 Å². The molecule has 7 amide bonds. The molecule has 4 aliphatic heterocycles. The first-order chi connectivity index (χ1) is 62.8. The summed E-state index contributed by atoms with van der Waals surface area (Å²) >= 11 is 5.50. The van der Waals surface area contributed by atoms with E-state index in [2.05, 4.69) is 86.4 Å². The van der Waals surface area contributed by atoms with E-state index < -0.39 is 99.4 Å². The number of hydrogen-bond acceptors (Lipinski definition) is 36. The Morgan fingerprint density at radius 2 is 0.689 bits per heavy atom. The zero-order valence-electron chi connectivity index (χ0n) is 75.9. The van der Waals surface area contributed by atoms with E-state index in [4.69, 9.17) is 67.1 Å². The molecule has 12 heterocycles.